The maximum atomic E-state index is 13.0. The van der Waals surface area contributed by atoms with Gasteiger partial charge in [0.15, 0.2) is 0 Å². The smallest absolute Gasteiger partial charge is 0.323 e. The third kappa shape index (κ3) is 4.42. The number of hydrogen-bond acceptors (Lipinski definition) is 5. The van der Waals surface area contributed by atoms with Crippen LogP contribution in [0.5, 0.6) is 11.5 Å². The number of ether oxygens (including phenoxy) is 2. The zero-order valence-corrected chi connectivity index (χ0v) is 16.4. The number of aliphatic carboxylic acids is 1. The fourth-order valence-corrected chi connectivity index (χ4v) is 4.42. The fraction of sp³-hybridized carbons (Fsp3) is 0.400. The van der Waals surface area contributed by atoms with Crippen LogP contribution in [0.25, 0.3) is 0 Å². The van der Waals surface area contributed by atoms with Gasteiger partial charge >= 0.3 is 5.97 Å². The molecule has 1 N–H and O–H groups in total. The van der Waals surface area contributed by atoms with Gasteiger partial charge in [0.2, 0.25) is 5.91 Å². The van der Waals surface area contributed by atoms with Crippen molar-refractivity contribution in [1.29, 1.82) is 0 Å². The van der Waals surface area contributed by atoms with Gasteiger partial charge < -0.3 is 19.5 Å². The SMILES string of the molecule is COc1cc(CN(CC(=O)O)C(=O)C2CC2c2sccc2C)cc(OC)c1. The molecule has 3 rings (SSSR count). The number of benzene rings is 1. The largest absolute Gasteiger partial charge is 0.497 e. The zero-order valence-electron chi connectivity index (χ0n) is 15.6. The summed E-state index contributed by atoms with van der Waals surface area (Å²) in [5.74, 6) is 0.124. The van der Waals surface area contributed by atoms with E-state index >= 15 is 0 Å². The Hall–Kier alpha value is -2.54. The quantitative estimate of drug-likeness (QED) is 0.750. The number of aryl methyl sites for hydroxylation is 1. The van der Waals surface area contributed by atoms with Crippen LogP contribution in [0.4, 0.5) is 0 Å². The summed E-state index contributed by atoms with van der Waals surface area (Å²) in [7, 11) is 3.10. The molecule has 1 fully saturated rings. The first kappa shape index (κ1) is 19.2. The molecule has 1 aromatic heterocycles. The second kappa shape index (κ2) is 8.00. The molecule has 1 heterocycles. The first-order chi connectivity index (χ1) is 12.9. The van der Waals surface area contributed by atoms with Crippen molar-refractivity contribution < 1.29 is 24.2 Å². The predicted octanol–water partition coefficient (Wildman–Crippen LogP) is 3.29. The summed E-state index contributed by atoms with van der Waals surface area (Å²) in [4.78, 5) is 26.9. The Bertz CT molecular complexity index is 824. The number of methoxy groups -OCH3 is 2. The topological polar surface area (TPSA) is 76.1 Å². The van der Waals surface area contributed by atoms with Gasteiger partial charge in [-0.1, -0.05) is 0 Å². The Morgan fingerprint density at radius 1 is 1.22 bits per heavy atom. The predicted molar refractivity (Wildman–Crippen MR) is 103 cm³/mol. The van der Waals surface area contributed by atoms with Crippen LogP contribution >= 0.6 is 11.3 Å². The molecule has 6 nitrogen and oxygen atoms in total. The van der Waals surface area contributed by atoms with Crippen molar-refractivity contribution in [2.24, 2.45) is 5.92 Å². The number of carbonyl (C=O) groups excluding carboxylic acids is 1. The van der Waals surface area contributed by atoms with Crippen LogP contribution in [-0.2, 0) is 16.1 Å². The van der Waals surface area contributed by atoms with Crippen LogP contribution in [0.2, 0.25) is 0 Å². The molecule has 1 saturated carbocycles. The second-order valence-electron chi connectivity index (χ2n) is 6.73. The third-order valence-electron chi connectivity index (χ3n) is 4.77. The number of amides is 1. The molecular weight excluding hydrogens is 366 g/mol. The highest BCUT2D eigenvalue weighted by Crippen LogP contribution is 2.51. The molecule has 0 bridgehead atoms. The lowest BCUT2D eigenvalue weighted by Gasteiger charge is -2.22. The molecule has 2 unspecified atom stereocenters. The summed E-state index contributed by atoms with van der Waals surface area (Å²) in [5, 5.41) is 11.3. The number of nitrogens with zero attached hydrogens (tertiary/aromatic N) is 1. The van der Waals surface area contributed by atoms with Crippen molar-refractivity contribution >= 4 is 23.2 Å². The minimum Gasteiger partial charge on any atom is -0.497 e. The Kier molecular flexibility index (Phi) is 5.70. The van der Waals surface area contributed by atoms with E-state index in [1.165, 1.54) is 15.3 Å². The Morgan fingerprint density at radius 3 is 2.41 bits per heavy atom. The summed E-state index contributed by atoms with van der Waals surface area (Å²) in [6.45, 7) is 1.92. The van der Waals surface area contributed by atoms with Crippen molar-refractivity contribution in [2.75, 3.05) is 20.8 Å². The molecule has 2 atom stereocenters. The highest BCUT2D eigenvalue weighted by atomic mass is 32.1. The highest BCUT2D eigenvalue weighted by molar-refractivity contribution is 7.10. The number of carboxylic acid groups (broad SMARTS) is 1. The standard InChI is InChI=1S/C20H23NO5S/c1-12-4-5-27-19(12)16-9-17(16)20(24)21(11-18(22)23)10-13-6-14(25-2)8-15(7-13)26-3/h4-8,16-17H,9-11H2,1-3H3,(H,22,23). The minimum atomic E-state index is -1.03. The van der Waals surface area contributed by atoms with Gasteiger partial charge in [0, 0.05) is 29.3 Å². The molecule has 0 radical (unpaired) electrons. The first-order valence-electron chi connectivity index (χ1n) is 8.69. The van der Waals surface area contributed by atoms with E-state index in [2.05, 4.69) is 6.07 Å². The van der Waals surface area contributed by atoms with E-state index in [0.717, 1.165) is 12.0 Å². The van der Waals surface area contributed by atoms with Gasteiger partial charge in [-0.25, -0.2) is 0 Å². The Balaban J connectivity index is 1.77. The van der Waals surface area contributed by atoms with Crippen molar-refractivity contribution in [3.05, 3.63) is 45.6 Å². The number of carboxylic acids is 1. The van der Waals surface area contributed by atoms with Crippen molar-refractivity contribution in [3.8, 4) is 11.5 Å². The highest BCUT2D eigenvalue weighted by Gasteiger charge is 2.47. The monoisotopic (exact) mass is 389 g/mol. The summed E-state index contributed by atoms with van der Waals surface area (Å²) in [5.41, 5.74) is 1.97. The minimum absolute atomic E-state index is 0.114. The van der Waals surface area contributed by atoms with E-state index in [1.54, 1.807) is 43.8 Å². The van der Waals surface area contributed by atoms with Crippen molar-refractivity contribution in [2.45, 2.75) is 25.8 Å². The molecular formula is C20H23NO5S. The van der Waals surface area contributed by atoms with E-state index in [9.17, 15) is 14.7 Å². The zero-order chi connectivity index (χ0) is 19.6. The van der Waals surface area contributed by atoms with Gasteiger partial charge in [-0.3, -0.25) is 9.59 Å². The Morgan fingerprint density at radius 2 is 1.89 bits per heavy atom. The molecule has 1 aliphatic rings. The summed E-state index contributed by atoms with van der Waals surface area (Å²) in [6, 6.07) is 7.37. The Labute approximate surface area is 162 Å². The van der Waals surface area contributed by atoms with Crippen LogP contribution in [0, 0.1) is 12.8 Å². The first-order valence-corrected chi connectivity index (χ1v) is 9.57. The lowest BCUT2D eigenvalue weighted by atomic mass is 10.1. The summed E-state index contributed by atoms with van der Waals surface area (Å²) in [6.07, 6.45) is 0.776. The number of thiophene rings is 1. The molecule has 1 aliphatic carbocycles. The molecule has 0 aliphatic heterocycles. The van der Waals surface area contributed by atoms with E-state index < -0.39 is 5.97 Å². The second-order valence-corrected chi connectivity index (χ2v) is 7.67. The van der Waals surface area contributed by atoms with E-state index in [4.69, 9.17) is 9.47 Å². The number of rotatable bonds is 8. The maximum absolute atomic E-state index is 13.0. The number of carbonyl (C=O) groups is 2. The molecule has 144 valence electrons. The van der Waals surface area contributed by atoms with Gasteiger partial charge in [0.1, 0.15) is 18.0 Å². The summed E-state index contributed by atoms with van der Waals surface area (Å²) < 4.78 is 10.5. The molecule has 2 aromatic rings. The lowest BCUT2D eigenvalue weighted by Crippen LogP contribution is -2.36. The van der Waals surface area contributed by atoms with Crippen LogP contribution < -0.4 is 9.47 Å². The van der Waals surface area contributed by atoms with Gasteiger partial charge in [0.05, 0.1) is 14.2 Å². The average molecular weight is 389 g/mol. The molecule has 0 spiro atoms. The van der Waals surface area contributed by atoms with E-state index in [0.29, 0.717) is 11.5 Å². The molecule has 1 aromatic carbocycles. The number of hydrogen-bond donors (Lipinski definition) is 1. The van der Waals surface area contributed by atoms with E-state index in [1.807, 2.05) is 12.3 Å². The van der Waals surface area contributed by atoms with Crippen molar-refractivity contribution in [1.82, 2.24) is 4.90 Å². The van der Waals surface area contributed by atoms with Crippen LogP contribution in [-0.4, -0.2) is 42.6 Å². The van der Waals surface area contributed by atoms with Gasteiger partial charge in [-0.05, 0) is 48.1 Å². The van der Waals surface area contributed by atoms with Gasteiger partial charge in [-0.2, -0.15) is 0 Å². The lowest BCUT2D eigenvalue weighted by molar-refractivity contribution is -0.145. The van der Waals surface area contributed by atoms with Crippen molar-refractivity contribution in [3.63, 3.8) is 0 Å². The average Bonchev–Trinajstić information content (AvgIpc) is 3.32. The van der Waals surface area contributed by atoms with Crippen LogP contribution in [0.1, 0.15) is 28.3 Å². The normalized spacial score (nSPS) is 18.0. The summed E-state index contributed by atoms with van der Waals surface area (Å²) >= 11 is 1.66. The molecule has 27 heavy (non-hydrogen) atoms. The maximum Gasteiger partial charge on any atom is 0.323 e. The van der Waals surface area contributed by atoms with Gasteiger partial charge in [-0.15, -0.1) is 11.3 Å². The third-order valence-corrected chi connectivity index (χ3v) is 5.92. The molecule has 1 amide bonds. The van der Waals surface area contributed by atoms with Gasteiger partial charge in [0.25, 0.3) is 0 Å². The van der Waals surface area contributed by atoms with Crippen LogP contribution in [0.15, 0.2) is 29.6 Å². The molecule has 0 saturated heterocycles. The fourth-order valence-electron chi connectivity index (χ4n) is 3.31. The molecule has 7 heteroatoms. The van der Waals surface area contributed by atoms with Crippen LogP contribution in [0.3, 0.4) is 0 Å². The van der Waals surface area contributed by atoms with E-state index in [-0.39, 0.29) is 30.8 Å².